The molecule has 1 aromatic carbocycles. The molecule has 2 rings (SSSR count). The highest BCUT2D eigenvalue weighted by atomic mass is 32.1. The van der Waals surface area contributed by atoms with Crippen molar-refractivity contribution in [3.05, 3.63) is 34.8 Å². The molecule has 4 nitrogen and oxygen atoms in total. The highest BCUT2D eigenvalue weighted by Gasteiger charge is 2.13. The van der Waals surface area contributed by atoms with Crippen LogP contribution in [0.15, 0.2) is 23.6 Å². The third-order valence-electron chi connectivity index (χ3n) is 2.30. The van der Waals surface area contributed by atoms with Crippen LogP contribution in [0, 0.1) is 6.92 Å². The maximum absolute atomic E-state index is 10.9. The van der Waals surface area contributed by atoms with Crippen molar-refractivity contribution in [1.82, 2.24) is 4.98 Å². The lowest BCUT2D eigenvalue weighted by molar-refractivity contribution is 0.0697. The summed E-state index contributed by atoms with van der Waals surface area (Å²) in [4.78, 5) is 15.3. The van der Waals surface area contributed by atoms with Crippen LogP contribution in [-0.2, 0) is 0 Å². The van der Waals surface area contributed by atoms with E-state index in [9.17, 15) is 4.79 Å². The predicted molar refractivity (Wildman–Crippen MR) is 65.8 cm³/mol. The highest BCUT2D eigenvalue weighted by Crippen LogP contribution is 2.32. The minimum atomic E-state index is -0.956. The van der Waals surface area contributed by atoms with Crippen LogP contribution in [0.3, 0.4) is 0 Å². The van der Waals surface area contributed by atoms with Gasteiger partial charge in [-0.3, -0.25) is 0 Å². The van der Waals surface area contributed by atoms with Gasteiger partial charge in [0.15, 0.2) is 0 Å². The molecule has 0 fully saturated rings. The van der Waals surface area contributed by atoms with Gasteiger partial charge in [-0.05, 0) is 25.1 Å². The number of rotatable bonds is 3. The summed E-state index contributed by atoms with van der Waals surface area (Å²) in [6.07, 6.45) is 0. The van der Waals surface area contributed by atoms with Crippen LogP contribution in [0.1, 0.15) is 16.1 Å². The molecule has 2 aromatic rings. The molecule has 0 spiro atoms. The quantitative estimate of drug-likeness (QED) is 0.908. The van der Waals surface area contributed by atoms with Gasteiger partial charge in [-0.1, -0.05) is 0 Å². The van der Waals surface area contributed by atoms with Crippen LogP contribution in [0.5, 0.6) is 5.75 Å². The first-order valence-corrected chi connectivity index (χ1v) is 5.83. The van der Waals surface area contributed by atoms with Crippen molar-refractivity contribution in [2.24, 2.45) is 0 Å². The lowest BCUT2D eigenvalue weighted by Crippen LogP contribution is -1.97. The number of aryl methyl sites for hydroxylation is 1. The molecular formula is C12H11NO3S. The lowest BCUT2D eigenvalue weighted by Gasteiger charge is -2.06. The number of carboxylic acids is 1. The summed E-state index contributed by atoms with van der Waals surface area (Å²) in [6.45, 7) is 1.90. The molecule has 0 aliphatic carbocycles. The van der Waals surface area contributed by atoms with Gasteiger partial charge in [0.25, 0.3) is 0 Å². The number of nitrogens with zero attached hydrogens (tertiary/aromatic N) is 1. The number of aromatic carboxylic acids is 1. The van der Waals surface area contributed by atoms with Crippen LogP contribution in [0.25, 0.3) is 10.6 Å². The average molecular weight is 249 g/mol. The van der Waals surface area contributed by atoms with Gasteiger partial charge in [-0.15, -0.1) is 11.3 Å². The number of methoxy groups -OCH3 is 1. The summed E-state index contributed by atoms with van der Waals surface area (Å²) in [7, 11) is 1.56. The molecular weight excluding hydrogens is 238 g/mol. The molecule has 88 valence electrons. The molecule has 0 amide bonds. The maximum atomic E-state index is 10.9. The topological polar surface area (TPSA) is 59.4 Å². The van der Waals surface area contributed by atoms with E-state index in [1.165, 1.54) is 17.4 Å². The number of hydrogen-bond donors (Lipinski definition) is 1. The summed E-state index contributed by atoms with van der Waals surface area (Å²) >= 11 is 1.47. The van der Waals surface area contributed by atoms with E-state index >= 15 is 0 Å². The molecule has 0 saturated carbocycles. The smallest absolute Gasteiger partial charge is 0.335 e. The second kappa shape index (κ2) is 4.55. The number of aromatic nitrogens is 1. The average Bonchev–Trinajstić information content (AvgIpc) is 2.74. The SMILES string of the molecule is COc1ccc(C(=O)O)cc1-c1nc(C)cs1. The van der Waals surface area contributed by atoms with Gasteiger partial charge in [0, 0.05) is 11.1 Å². The van der Waals surface area contributed by atoms with Gasteiger partial charge in [0.1, 0.15) is 10.8 Å². The van der Waals surface area contributed by atoms with Gasteiger partial charge < -0.3 is 9.84 Å². The minimum Gasteiger partial charge on any atom is -0.496 e. The van der Waals surface area contributed by atoms with Crippen LogP contribution in [0.4, 0.5) is 0 Å². The Kier molecular flexibility index (Phi) is 3.10. The summed E-state index contributed by atoms with van der Waals surface area (Å²) in [5, 5.41) is 11.7. The van der Waals surface area contributed by atoms with Gasteiger partial charge in [-0.2, -0.15) is 0 Å². The first-order valence-electron chi connectivity index (χ1n) is 4.95. The Morgan fingerprint density at radius 2 is 2.24 bits per heavy atom. The fraction of sp³-hybridized carbons (Fsp3) is 0.167. The van der Waals surface area contributed by atoms with Crippen molar-refractivity contribution in [1.29, 1.82) is 0 Å². The largest absolute Gasteiger partial charge is 0.496 e. The monoisotopic (exact) mass is 249 g/mol. The molecule has 0 unspecified atom stereocenters. The van der Waals surface area contributed by atoms with E-state index in [2.05, 4.69) is 4.98 Å². The first-order chi connectivity index (χ1) is 8.11. The van der Waals surface area contributed by atoms with Gasteiger partial charge in [0.2, 0.25) is 0 Å². The second-order valence-corrected chi connectivity index (χ2v) is 4.37. The van der Waals surface area contributed by atoms with E-state index in [0.717, 1.165) is 10.7 Å². The Hall–Kier alpha value is -1.88. The van der Waals surface area contributed by atoms with Gasteiger partial charge >= 0.3 is 5.97 Å². The highest BCUT2D eigenvalue weighted by molar-refractivity contribution is 7.13. The van der Waals surface area contributed by atoms with E-state index in [-0.39, 0.29) is 5.56 Å². The molecule has 5 heteroatoms. The molecule has 0 saturated heterocycles. The van der Waals surface area contributed by atoms with Crippen molar-refractivity contribution in [3.63, 3.8) is 0 Å². The van der Waals surface area contributed by atoms with E-state index in [1.54, 1.807) is 19.2 Å². The zero-order valence-electron chi connectivity index (χ0n) is 9.43. The lowest BCUT2D eigenvalue weighted by atomic mass is 10.1. The maximum Gasteiger partial charge on any atom is 0.335 e. The zero-order valence-corrected chi connectivity index (χ0v) is 10.2. The van der Waals surface area contributed by atoms with Gasteiger partial charge in [-0.25, -0.2) is 9.78 Å². The van der Waals surface area contributed by atoms with Crippen molar-refractivity contribution in [3.8, 4) is 16.3 Å². The summed E-state index contributed by atoms with van der Waals surface area (Å²) < 4.78 is 5.22. The third kappa shape index (κ3) is 2.29. The van der Waals surface area contributed by atoms with Crippen LogP contribution < -0.4 is 4.74 Å². The summed E-state index contributed by atoms with van der Waals surface area (Å²) in [6, 6.07) is 4.75. The number of ether oxygens (including phenoxy) is 1. The van der Waals surface area contributed by atoms with Crippen molar-refractivity contribution in [2.75, 3.05) is 7.11 Å². The molecule has 0 aliphatic rings. The fourth-order valence-corrected chi connectivity index (χ4v) is 2.30. The zero-order chi connectivity index (χ0) is 12.4. The Bertz CT molecular complexity index is 563. The molecule has 0 aliphatic heterocycles. The van der Waals surface area contributed by atoms with Crippen LogP contribution >= 0.6 is 11.3 Å². The second-order valence-electron chi connectivity index (χ2n) is 3.51. The van der Waals surface area contributed by atoms with E-state index in [4.69, 9.17) is 9.84 Å². The number of benzene rings is 1. The Morgan fingerprint density at radius 3 is 2.76 bits per heavy atom. The summed E-state index contributed by atoms with van der Waals surface area (Å²) in [5.41, 5.74) is 1.85. The van der Waals surface area contributed by atoms with E-state index in [0.29, 0.717) is 11.3 Å². The molecule has 0 radical (unpaired) electrons. The van der Waals surface area contributed by atoms with Crippen LogP contribution in [-0.4, -0.2) is 23.2 Å². The number of thiazole rings is 1. The Balaban J connectivity index is 2.57. The number of carboxylic acid groups (broad SMARTS) is 1. The van der Waals surface area contributed by atoms with E-state index in [1.807, 2.05) is 12.3 Å². The molecule has 1 N–H and O–H groups in total. The molecule has 0 bridgehead atoms. The van der Waals surface area contributed by atoms with Crippen molar-refractivity contribution in [2.45, 2.75) is 6.92 Å². The normalized spacial score (nSPS) is 10.2. The number of carbonyl (C=O) groups is 1. The molecule has 17 heavy (non-hydrogen) atoms. The first kappa shape index (κ1) is 11.6. The number of hydrogen-bond acceptors (Lipinski definition) is 4. The van der Waals surface area contributed by atoms with Crippen molar-refractivity contribution < 1.29 is 14.6 Å². The fourth-order valence-electron chi connectivity index (χ4n) is 1.49. The Labute approximate surface area is 103 Å². The van der Waals surface area contributed by atoms with Gasteiger partial charge in [0.05, 0.1) is 18.2 Å². The molecule has 1 heterocycles. The third-order valence-corrected chi connectivity index (χ3v) is 3.29. The van der Waals surface area contributed by atoms with Crippen molar-refractivity contribution >= 4 is 17.3 Å². The minimum absolute atomic E-state index is 0.230. The molecule has 0 atom stereocenters. The summed E-state index contributed by atoms with van der Waals surface area (Å²) in [5.74, 6) is -0.327. The Morgan fingerprint density at radius 1 is 1.47 bits per heavy atom. The van der Waals surface area contributed by atoms with E-state index < -0.39 is 5.97 Å². The molecule has 1 aromatic heterocycles. The van der Waals surface area contributed by atoms with Crippen LogP contribution in [0.2, 0.25) is 0 Å². The standard InChI is InChI=1S/C12H11NO3S/c1-7-6-17-11(13-7)9-5-8(12(14)15)3-4-10(9)16-2/h3-6H,1-2H3,(H,14,15). The predicted octanol–water partition coefficient (Wildman–Crippen LogP) is 2.83.